The molecule has 0 aliphatic rings. The van der Waals surface area contributed by atoms with Gasteiger partial charge in [-0.3, -0.25) is 4.79 Å². The lowest BCUT2D eigenvalue weighted by molar-refractivity contribution is -0.123. The van der Waals surface area contributed by atoms with Crippen LogP contribution in [0.15, 0.2) is 0 Å². The van der Waals surface area contributed by atoms with Crippen molar-refractivity contribution in [1.29, 1.82) is 0 Å². The van der Waals surface area contributed by atoms with Gasteiger partial charge in [0.25, 0.3) is 0 Å². The van der Waals surface area contributed by atoms with E-state index in [1.807, 2.05) is 13.8 Å². The van der Waals surface area contributed by atoms with Gasteiger partial charge < -0.3 is 10.2 Å². The molecule has 0 rings (SSSR count). The van der Waals surface area contributed by atoms with Crippen molar-refractivity contribution in [3.8, 4) is 0 Å². The molecule has 4 nitrogen and oxygen atoms in total. The Hall–Kier alpha value is -0.610. The molecule has 0 radical (unpaired) electrons. The van der Waals surface area contributed by atoms with Crippen LogP contribution in [0.3, 0.4) is 0 Å². The van der Waals surface area contributed by atoms with Crippen molar-refractivity contribution in [2.45, 2.75) is 40.2 Å². The van der Waals surface area contributed by atoms with Gasteiger partial charge in [0.15, 0.2) is 0 Å². The van der Waals surface area contributed by atoms with Crippen LogP contribution in [0.2, 0.25) is 0 Å². The zero-order valence-electron chi connectivity index (χ0n) is 9.59. The average molecular weight is 202 g/mol. The minimum atomic E-state index is -0.0220. The second-order valence-electron chi connectivity index (χ2n) is 3.50. The summed E-state index contributed by atoms with van der Waals surface area (Å²) in [4.78, 5) is 16.2. The fourth-order valence-electron chi connectivity index (χ4n) is 1.02. The molecular weight excluding hydrogens is 180 g/mol. The van der Waals surface area contributed by atoms with Gasteiger partial charge in [0.1, 0.15) is 0 Å². The SMILES string of the molecule is CCONCC(=O)NC(C)[C@@H](C)CC. The minimum Gasteiger partial charge on any atom is -0.352 e. The molecule has 14 heavy (non-hydrogen) atoms. The van der Waals surface area contributed by atoms with E-state index in [0.29, 0.717) is 12.5 Å². The highest BCUT2D eigenvalue weighted by Gasteiger charge is 2.12. The fourth-order valence-corrected chi connectivity index (χ4v) is 1.02. The molecule has 2 N–H and O–H groups in total. The van der Waals surface area contributed by atoms with Crippen molar-refractivity contribution in [3.05, 3.63) is 0 Å². The van der Waals surface area contributed by atoms with Crippen molar-refractivity contribution >= 4 is 5.91 Å². The van der Waals surface area contributed by atoms with E-state index >= 15 is 0 Å². The molecule has 0 heterocycles. The van der Waals surface area contributed by atoms with Crippen LogP contribution in [0.25, 0.3) is 0 Å². The van der Waals surface area contributed by atoms with Crippen LogP contribution in [0.1, 0.15) is 34.1 Å². The molecule has 0 aliphatic carbocycles. The van der Waals surface area contributed by atoms with Crippen LogP contribution in [0, 0.1) is 5.92 Å². The highest BCUT2D eigenvalue weighted by atomic mass is 16.6. The van der Waals surface area contributed by atoms with Crippen LogP contribution in [-0.4, -0.2) is 25.1 Å². The molecular formula is C10H22N2O2. The van der Waals surface area contributed by atoms with Gasteiger partial charge in [0.05, 0.1) is 13.2 Å². The van der Waals surface area contributed by atoms with E-state index in [1.54, 1.807) is 0 Å². The molecule has 0 fully saturated rings. The summed E-state index contributed by atoms with van der Waals surface area (Å²) in [5, 5.41) is 2.91. The summed E-state index contributed by atoms with van der Waals surface area (Å²) in [6, 6.07) is 0.218. The van der Waals surface area contributed by atoms with Gasteiger partial charge in [-0.05, 0) is 19.8 Å². The Morgan fingerprint density at radius 3 is 2.50 bits per heavy atom. The van der Waals surface area contributed by atoms with E-state index < -0.39 is 0 Å². The molecule has 0 aromatic rings. The van der Waals surface area contributed by atoms with Crippen molar-refractivity contribution < 1.29 is 9.63 Å². The van der Waals surface area contributed by atoms with Gasteiger partial charge in [0, 0.05) is 6.04 Å². The summed E-state index contributed by atoms with van der Waals surface area (Å²) in [5.74, 6) is 0.484. The van der Waals surface area contributed by atoms with Gasteiger partial charge in [-0.15, -0.1) is 0 Å². The topological polar surface area (TPSA) is 50.4 Å². The second-order valence-corrected chi connectivity index (χ2v) is 3.50. The highest BCUT2D eigenvalue weighted by molar-refractivity contribution is 5.78. The lowest BCUT2D eigenvalue weighted by Crippen LogP contribution is -2.41. The molecule has 1 amide bonds. The van der Waals surface area contributed by atoms with Crippen LogP contribution in [0.5, 0.6) is 0 Å². The third kappa shape index (κ3) is 5.94. The van der Waals surface area contributed by atoms with Gasteiger partial charge in [-0.2, -0.15) is 5.48 Å². The quantitative estimate of drug-likeness (QED) is 0.480. The maximum absolute atomic E-state index is 11.3. The molecule has 0 aromatic carbocycles. The molecule has 1 unspecified atom stereocenters. The third-order valence-corrected chi connectivity index (χ3v) is 2.37. The fraction of sp³-hybridized carbons (Fsp3) is 0.900. The monoisotopic (exact) mass is 202 g/mol. The Kier molecular flexibility index (Phi) is 7.42. The standard InChI is InChI=1S/C10H22N2O2/c1-5-8(3)9(4)12-10(13)7-11-14-6-2/h8-9,11H,5-7H2,1-4H3,(H,12,13)/t8-,9?/m0/s1. The second kappa shape index (κ2) is 7.76. The van der Waals surface area contributed by atoms with Crippen LogP contribution in [-0.2, 0) is 9.63 Å². The van der Waals surface area contributed by atoms with Crippen LogP contribution in [0.4, 0.5) is 0 Å². The first-order chi connectivity index (χ1) is 6.61. The Labute approximate surface area is 86.4 Å². The zero-order chi connectivity index (χ0) is 11.0. The van der Waals surface area contributed by atoms with Gasteiger partial charge in [-0.25, -0.2) is 0 Å². The third-order valence-electron chi connectivity index (χ3n) is 2.37. The van der Waals surface area contributed by atoms with E-state index in [9.17, 15) is 4.79 Å². The summed E-state index contributed by atoms with van der Waals surface area (Å²) in [5.41, 5.74) is 2.59. The Balaban J connectivity index is 3.60. The maximum Gasteiger partial charge on any atom is 0.236 e. The lowest BCUT2D eigenvalue weighted by atomic mass is 10.0. The van der Waals surface area contributed by atoms with E-state index in [0.717, 1.165) is 6.42 Å². The molecule has 0 aliphatic heterocycles. The Morgan fingerprint density at radius 2 is 2.00 bits per heavy atom. The first-order valence-electron chi connectivity index (χ1n) is 5.25. The number of hydrogen-bond donors (Lipinski definition) is 2. The molecule has 4 heteroatoms. The van der Waals surface area contributed by atoms with Crippen LogP contribution < -0.4 is 10.8 Å². The molecule has 84 valence electrons. The summed E-state index contributed by atoms with van der Waals surface area (Å²) in [7, 11) is 0. The lowest BCUT2D eigenvalue weighted by Gasteiger charge is -2.19. The smallest absolute Gasteiger partial charge is 0.236 e. The summed E-state index contributed by atoms with van der Waals surface area (Å²) in [6.45, 7) is 8.91. The molecule has 0 aromatic heterocycles. The molecule has 0 saturated carbocycles. The maximum atomic E-state index is 11.3. The largest absolute Gasteiger partial charge is 0.352 e. The number of carbonyl (C=O) groups excluding carboxylic acids is 1. The first-order valence-corrected chi connectivity index (χ1v) is 5.25. The number of hydroxylamine groups is 1. The Bertz CT molecular complexity index is 162. The van der Waals surface area contributed by atoms with E-state index in [2.05, 4.69) is 24.6 Å². The molecule has 0 spiro atoms. The summed E-state index contributed by atoms with van der Waals surface area (Å²) >= 11 is 0. The van der Waals surface area contributed by atoms with Crippen molar-refractivity contribution in [2.75, 3.05) is 13.2 Å². The van der Waals surface area contributed by atoms with Crippen molar-refractivity contribution in [2.24, 2.45) is 5.92 Å². The normalized spacial score (nSPS) is 14.9. The van der Waals surface area contributed by atoms with E-state index in [4.69, 9.17) is 4.84 Å². The predicted octanol–water partition coefficient (Wildman–Crippen LogP) is 1.08. The van der Waals surface area contributed by atoms with Gasteiger partial charge >= 0.3 is 0 Å². The van der Waals surface area contributed by atoms with E-state index in [-0.39, 0.29) is 18.5 Å². The summed E-state index contributed by atoms with van der Waals surface area (Å²) < 4.78 is 0. The number of hydrogen-bond acceptors (Lipinski definition) is 3. The predicted molar refractivity (Wildman–Crippen MR) is 56.7 cm³/mol. The minimum absolute atomic E-state index is 0.0220. The number of rotatable bonds is 7. The average Bonchev–Trinajstić information content (AvgIpc) is 2.16. The van der Waals surface area contributed by atoms with Gasteiger partial charge in [-0.1, -0.05) is 20.3 Å². The van der Waals surface area contributed by atoms with Gasteiger partial charge in [0.2, 0.25) is 5.91 Å². The number of nitrogens with one attached hydrogen (secondary N) is 2. The number of amides is 1. The van der Waals surface area contributed by atoms with Crippen molar-refractivity contribution in [3.63, 3.8) is 0 Å². The molecule has 0 saturated heterocycles. The first kappa shape index (κ1) is 13.4. The van der Waals surface area contributed by atoms with E-state index in [1.165, 1.54) is 0 Å². The molecule has 0 bridgehead atoms. The van der Waals surface area contributed by atoms with Crippen molar-refractivity contribution in [1.82, 2.24) is 10.8 Å². The zero-order valence-corrected chi connectivity index (χ0v) is 9.59. The Morgan fingerprint density at radius 1 is 1.36 bits per heavy atom. The molecule has 2 atom stereocenters. The van der Waals surface area contributed by atoms with Crippen LogP contribution >= 0.6 is 0 Å². The highest BCUT2D eigenvalue weighted by Crippen LogP contribution is 2.05. The number of carbonyl (C=O) groups is 1. The summed E-state index contributed by atoms with van der Waals surface area (Å²) in [6.07, 6.45) is 1.07.